The van der Waals surface area contributed by atoms with Crippen molar-refractivity contribution in [3.05, 3.63) is 29.6 Å². The fourth-order valence-electron chi connectivity index (χ4n) is 3.34. The van der Waals surface area contributed by atoms with Crippen molar-refractivity contribution in [3.63, 3.8) is 0 Å². The minimum atomic E-state index is -3.75. The molecule has 1 amide bonds. The van der Waals surface area contributed by atoms with Crippen molar-refractivity contribution in [1.82, 2.24) is 9.21 Å². The maximum absolute atomic E-state index is 13.5. The van der Waals surface area contributed by atoms with Gasteiger partial charge in [-0.1, -0.05) is 0 Å². The minimum absolute atomic E-state index is 0.0377. The van der Waals surface area contributed by atoms with Crippen LogP contribution in [0.5, 0.6) is 0 Å². The molecule has 3 rings (SSSR count). The number of carbonyl (C=O) groups excluding carboxylic acids is 1. The van der Waals surface area contributed by atoms with Gasteiger partial charge in [-0.15, -0.1) is 0 Å². The van der Waals surface area contributed by atoms with Crippen LogP contribution in [-0.4, -0.2) is 49.7 Å². The van der Waals surface area contributed by atoms with Gasteiger partial charge in [0.25, 0.3) is 0 Å². The topological polar surface area (TPSA) is 57.7 Å². The summed E-state index contributed by atoms with van der Waals surface area (Å²) < 4.78 is 40.1. The highest BCUT2D eigenvalue weighted by molar-refractivity contribution is 7.89. The van der Waals surface area contributed by atoms with E-state index in [1.165, 1.54) is 16.4 Å². The summed E-state index contributed by atoms with van der Waals surface area (Å²) in [6, 6.07) is 3.80. The summed E-state index contributed by atoms with van der Waals surface area (Å²) in [5.41, 5.74) is 0.562. The number of sulfonamides is 1. The molecular formula is C16H21FN2O3S. The quantitative estimate of drug-likeness (QED) is 0.843. The van der Waals surface area contributed by atoms with Crippen LogP contribution in [0, 0.1) is 18.7 Å². The van der Waals surface area contributed by atoms with Crippen LogP contribution in [-0.2, 0) is 14.8 Å². The predicted octanol–water partition coefficient (Wildman–Crippen LogP) is 1.77. The van der Waals surface area contributed by atoms with Crippen molar-refractivity contribution in [2.75, 3.05) is 26.2 Å². The number of amides is 1. The molecule has 2 saturated heterocycles. The zero-order valence-corrected chi connectivity index (χ0v) is 14.0. The average Bonchev–Trinajstić information content (AvgIpc) is 3.17. The molecular weight excluding hydrogens is 319 g/mol. The van der Waals surface area contributed by atoms with E-state index in [0.717, 1.165) is 32.0 Å². The first kappa shape index (κ1) is 16.4. The summed E-state index contributed by atoms with van der Waals surface area (Å²) in [6.07, 6.45) is 2.56. The van der Waals surface area contributed by atoms with E-state index in [2.05, 4.69) is 0 Å². The molecule has 1 atom stereocenters. The molecule has 0 spiro atoms. The van der Waals surface area contributed by atoms with Gasteiger partial charge in [-0.25, -0.2) is 12.8 Å². The maximum Gasteiger partial charge on any atom is 0.243 e. The second kappa shape index (κ2) is 6.20. The SMILES string of the molecule is Cc1cc(F)cc(S(=O)(=O)N2CCC(C(=O)N3CCCC3)C2)c1. The lowest BCUT2D eigenvalue weighted by Gasteiger charge is -2.20. The van der Waals surface area contributed by atoms with Crippen molar-refractivity contribution in [2.24, 2.45) is 5.92 Å². The van der Waals surface area contributed by atoms with Gasteiger partial charge in [-0.3, -0.25) is 4.79 Å². The van der Waals surface area contributed by atoms with Crippen LogP contribution in [0.25, 0.3) is 0 Å². The van der Waals surface area contributed by atoms with Gasteiger partial charge >= 0.3 is 0 Å². The molecule has 0 radical (unpaired) electrons. The van der Waals surface area contributed by atoms with E-state index in [-0.39, 0.29) is 23.3 Å². The molecule has 1 aromatic rings. The predicted molar refractivity (Wildman–Crippen MR) is 83.8 cm³/mol. The molecule has 0 saturated carbocycles. The Kier molecular flexibility index (Phi) is 4.42. The van der Waals surface area contributed by atoms with Gasteiger partial charge < -0.3 is 4.90 Å². The molecule has 2 fully saturated rings. The van der Waals surface area contributed by atoms with Crippen molar-refractivity contribution in [3.8, 4) is 0 Å². The summed E-state index contributed by atoms with van der Waals surface area (Å²) in [5, 5.41) is 0. The number of nitrogens with zero attached hydrogens (tertiary/aromatic N) is 2. The van der Waals surface area contributed by atoms with Crippen molar-refractivity contribution in [2.45, 2.75) is 31.1 Å². The summed E-state index contributed by atoms with van der Waals surface area (Å²) in [4.78, 5) is 14.2. The summed E-state index contributed by atoms with van der Waals surface area (Å²) in [6.45, 7) is 3.69. The molecule has 7 heteroatoms. The van der Waals surface area contributed by atoms with E-state index in [4.69, 9.17) is 0 Å². The molecule has 2 aliphatic heterocycles. The van der Waals surface area contributed by atoms with Crippen LogP contribution in [0.4, 0.5) is 4.39 Å². The van der Waals surface area contributed by atoms with E-state index >= 15 is 0 Å². The number of aryl methyl sites for hydroxylation is 1. The smallest absolute Gasteiger partial charge is 0.243 e. The van der Waals surface area contributed by atoms with Crippen molar-refractivity contribution >= 4 is 15.9 Å². The van der Waals surface area contributed by atoms with E-state index in [1.807, 2.05) is 4.90 Å². The van der Waals surface area contributed by atoms with Crippen LogP contribution >= 0.6 is 0 Å². The fraction of sp³-hybridized carbons (Fsp3) is 0.562. The molecule has 1 aromatic carbocycles. The molecule has 2 aliphatic rings. The zero-order chi connectivity index (χ0) is 16.6. The number of likely N-dealkylation sites (tertiary alicyclic amines) is 1. The number of hydrogen-bond donors (Lipinski definition) is 0. The maximum atomic E-state index is 13.5. The van der Waals surface area contributed by atoms with Crippen LogP contribution in [0.2, 0.25) is 0 Å². The first-order chi connectivity index (χ1) is 10.9. The minimum Gasteiger partial charge on any atom is -0.342 e. The second-order valence-corrected chi connectivity index (χ2v) is 8.28. The Balaban J connectivity index is 1.76. The molecule has 23 heavy (non-hydrogen) atoms. The van der Waals surface area contributed by atoms with Crippen LogP contribution in [0.15, 0.2) is 23.1 Å². The zero-order valence-electron chi connectivity index (χ0n) is 13.2. The normalized spacial score (nSPS) is 22.7. The lowest BCUT2D eigenvalue weighted by atomic mass is 10.1. The third-order valence-electron chi connectivity index (χ3n) is 4.57. The van der Waals surface area contributed by atoms with Gasteiger partial charge in [0.15, 0.2) is 0 Å². The molecule has 1 unspecified atom stereocenters. The Bertz CT molecular complexity index is 694. The molecule has 0 aliphatic carbocycles. The summed E-state index contributed by atoms with van der Waals surface area (Å²) in [5.74, 6) is -0.791. The molecule has 0 aromatic heterocycles. The largest absolute Gasteiger partial charge is 0.342 e. The highest BCUT2D eigenvalue weighted by atomic mass is 32.2. The Morgan fingerprint density at radius 1 is 1.17 bits per heavy atom. The van der Waals surface area contributed by atoms with Gasteiger partial charge in [0.05, 0.1) is 10.8 Å². The second-order valence-electron chi connectivity index (χ2n) is 6.35. The van der Waals surface area contributed by atoms with Crippen LogP contribution in [0.3, 0.4) is 0 Å². The highest BCUT2D eigenvalue weighted by Crippen LogP contribution is 2.27. The first-order valence-electron chi connectivity index (χ1n) is 7.94. The summed E-state index contributed by atoms with van der Waals surface area (Å²) >= 11 is 0. The summed E-state index contributed by atoms with van der Waals surface area (Å²) in [7, 11) is -3.75. The molecule has 0 bridgehead atoms. The fourth-order valence-corrected chi connectivity index (χ4v) is 4.96. The number of rotatable bonds is 3. The van der Waals surface area contributed by atoms with E-state index < -0.39 is 15.8 Å². The van der Waals surface area contributed by atoms with Gasteiger partial charge in [0.1, 0.15) is 5.82 Å². The van der Waals surface area contributed by atoms with Gasteiger partial charge in [0, 0.05) is 26.2 Å². The molecule has 5 nitrogen and oxygen atoms in total. The average molecular weight is 340 g/mol. The molecule has 126 valence electrons. The number of carbonyl (C=O) groups is 1. The van der Waals surface area contributed by atoms with Gasteiger partial charge in [-0.05, 0) is 49.9 Å². The third-order valence-corrected chi connectivity index (χ3v) is 6.41. The van der Waals surface area contributed by atoms with E-state index in [0.29, 0.717) is 18.5 Å². The van der Waals surface area contributed by atoms with Crippen LogP contribution < -0.4 is 0 Å². The monoisotopic (exact) mass is 340 g/mol. The van der Waals surface area contributed by atoms with Gasteiger partial charge in [0.2, 0.25) is 15.9 Å². The lowest BCUT2D eigenvalue weighted by Crippen LogP contribution is -2.36. The van der Waals surface area contributed by atoms with E-state index in [9.17, 15) is 17.6 Å². The van der Waals surface area contributed by atoms with E-state index in [1.54, 1.807) is 6.92 Å². The Morgan fingerprint density at radius 3 is 2.52 bits per heavy atom. The molecule has 2 heterocycles. The van der Waals surface area contributed by atoms with Crippen molar-refractivity contribution in [1.29, 1.82) is 0 Å². The number of benzene rings is 1. The Hall–Kier alpha value is -1.47. The number of hydrogen-bond acceptors (Lipinski definition) is 3. The van der Waals surface area contributed by atoms with Crippen molar-refractivity contribution < 1.29 is 17.6 Å². The first-order valence-corrected chi connectivity index (χ1v) is 9.38. The molecule has 0 N–H and O–H groups in total. The Labute approximate surface area is 136 Å². The Morgan fingerprint density at radius 2 is 1.87 bits per heavy atom. The third kappa shape index (κ3) is 3.26. The van der Waals surface area contributed by atoms with Gasteiger partial charge in [-0.2, -0.15) is 4.31 Å². The van der Waals surface area contributed by atoms with Crippen LogP contribution in [0.1, 0.15) is 24.8 Å². The standard InChI is InChI=1S/C16H21FN2O3S/c1-12-8-14(17)10-15(9-12)23(21,22)19-7-4-13(11-19)16(20)18-5-2-3-6-18/h8-10,13H,2-7,11H2,1H3. The number of halogens is 1. The lowest BCUT2D eigenvalue weighted by molar-refractivity contribution is -0.133. The highest BCUT2D eigenvalue weighted by Gasteiger charge is 2.38.